The molecule has 36 heavy (non-hydrogen) atoms. The highest BCUT2D eigenvalue weighted by Crippen LogP contribution is 2.43. The van der Waals surface area contributed by atoms with E-state index in [0.29, 0.717) is 23.9 Å². The number of ether oxygens (including phenoxy) is 3. The van der Waals surface area contributed by atoms with Gasteiger partial charge in [-0.15, -0.1) is 0 Å². The van der Waals surface area contributed by atoms with Crippen LogP contribution in [0.15, 0.2) is 42.5 Å². The smallest absolute Gasteiger partial charge is 0.412 e. The topological polar surface area (TPSA) is 85.5 Å². The number of unbranched alkanes of at least 4 members (excludes halogenated alkanes) is 1. The Labute approximate surface area is 211 Å². The maximum atomic E-state index is 12.0. The Kier molecular flexibility index (Phi) is 7.43. The van der Waals surface area contributed by atoms with Gasteiger partial charge in [-0.05, 0) is 67.6 Å². The van der Waals surface area contributed by atoms with E-state index in [4.69, 9.17) is 14.2 Å². The first-order chi connectivity index (χ1) is 17.7. The van der Waals surface area contributed by atoms with E-state index in [9.17, 15) is 10.1 Å². The molecule has 0 radical (unpaired) electrons. The first kappa shape index (κ1) is 24.2. The number of carbonyl (C=O) groups excluding carboxylic acids is 1. The molecule has 1 aliphatic carbocycles. The Morgan fingerprint density at radius 3 is 2.53 bits per heavy atom. The molecule has 3 aromatic rings. The van der Waals surface area contributed by atoms with E-state index >= 15 is 0 Å². The molecule has 1 aliphatic heterocycles. The fourth-order valence-corrected chi connectivity index (χ4v) is 4.96. The predicted molar refractivity (Wildman–Crippen MR) is 138 cm³/mol. The lowest BCUT2D eigenvalue weighted by molar-refractivity contribution is 0.0256. The Bertz CT molecular complexity index is 1250. The number of nitrogens with zero attached hydrogens (tertiary/aromatic N) is 2. The third kappa shape index (κ3) is 5.05. The van der Waals surface area contributed by atoms with Crippen molar-refractivity contribution in [2.45, 2.75) is 64.0 Å². The van der Waals surface area contributed by atoms with Crippen molar-refractivity contribution in [1.82, 2.24) is 9.88 Å². The van der Waals surface area contributed by atoms with E-state index in [1.165, 1.54) is 6.42 Å². The summed E-state index contributed by atoms with van der Waals surface area (Å²) >= 11 is 0. The summed E-state index contributed by atoms with van der Waals surface area (Å²) in [6, 6.07) is 16.3. The van der Waals surface area contributed by atoms with Gasteiger partial charge >= 0.3 is 6.09 Å². The first-order valence-corrected chi connectivity index (χ1v) is 13.1. The average molecular weight is 488 g/mol. The number of hydrogen-bond acceptors (Lipinski definition) is 5. The Morgan fingerprint density at radius 1 is 1.11 bits per heavy atom. The quantitative estimate of drug-likeness (QED) is 0.374. The summed E-state index contributed by atoms with van der Waals surface area (Å²) in [4.78, 5) is 12.0. The van der Waals surface area contributed by atoms with Crippen LogP contribution in [-0.4, -0.2) is 36.5 Å². The van der Waals surface area contributed by atoms with Gasteiger partial charge < -0.3 is 24.1 Å². The van der Waals surface area contributed by atoms with Gasteiger partial charge in [-0.3, -0.25) is 0 Å². The zero-order valence-electron chi connectivity index (χ0n) is 20.8. The molecule has 7 nitrogen and oxygen atoms in total. The van der Waals surface area contributed by atoms with Crippen LogP contribution in [0.3, 0.4) is 0 Å². The average Bonchev–Trinajstić information content (AvgIpc) is 3.17. The molecule has 0 unspecified atom stereocenters. The summed E-state index contributed by atoms with van der Waals surface area (Å²) in [7, 11) is 0. The van der Waals surface area contributed by atoms with E-state index in [-0.39, 0.29) is 6.10 Å². The molecular weight excluding hydrogens is 454 g/mol. The van der Waals surface area contributed by atoms with Gasteiger partial charge in [0.05, 0.1) is 30.0 Å². The number of nitriles is 1. The minimum absolute atomic E-state index is 0.157. The maximum absolute atomic E-state index is 12.0. The number of fused-ring (bicyclic) bond motifs is 1. The molecule has 1 amide bonds. The maximum Gasteiger partial charge on any atom is 0.412 e. The second-order valence-corrected chi connectivity index (χ2v) is 9.59. The van der Waals surface area contributed by atoms with Crippen molar-refractivity contribution >= 4 is 17.0 Å². The van der Waals surface area contributed by atoms with E-state index in [1.54, 1.807) is 12.1 Å². The number of amides is 1. The van der Waals surface area contributed by atoms with Crippen LogP contribution < -0.4 is 14.8 Å². The van der Waals surface area contributed by atoms with Gasteiger partial charge in [-0.25, -0.2) is 4.79 Å². The normalized spacial score (nSPS) is 16.3. The van der Waals surface area contributed by atoms with Crippen molar-refractivity contribution < 1.29 is 19.0 Å². The molecule has 2 aliphatic rings. The second-order valence-electron chi connectivity index (χ2n) is 9.59. The van der Waals surface area contributed by atoms with Crippen molar-refractivity contribution in [2.75, 3.05) is 19.8 Å². The summed E-state index contributed by atoms with van der Waals surface area (Å²) in [5, 5.41) is 13.9. The third-order valence-corrected chi connectivity index (χ3v) is 7.14. The fourth-order valence-electron chi connectivity index (χ4n) is 4.96. The van der Waals surface area contributed by atoms with Crippen molar-refractivity contribution in [1.29, 1.82) is 5.26 Å². The van der Waals surface area contributed by atoms with Gasteiger partial charge in [0.15, 0.2) is 0 Å². The minimum atomic E-state index is -0.449. The summed E-state index contributed by atoms with van der Waals surface area (Å²) in [5.41, 5.74) is 3.55. The molecule has 5 rings (SSSR count). The van der Waals surface area contributed by atoms with E-state index < -0.39 is 6.09 Å². The van der Waals surface area contributed by atoms with Crippen molar-refractivity contribution in [3.8, 4) is 28.8 Å². The molecule has 2 aromatic carbocycles. The summed E-state index contributed by atoms with van der Waals surface area (Å²) in [6.07, 6.45) is 6.77. The first-order valence-electron chi connectivity index (χ1n) is 13.1. The van der Waals surface area contributed by atoms with Crippen molar-refractivity contribution in [3.05, 3.63) is 48.0 Å². The summed E-state index contributed by atoms with van der Waals surface area (Å²) < 4.78 is 19.5. The molecule has 0 atom stereocenters. The van der Waals surface area contributed by atoms with Crippen LogP contribution in [0.1, 0.15) is 63.5 Å². The molecule has 0 bridgehead atoms. The molecule has 188 valence electrons. The summed E-state index contributed by atoms with van der Waals surface area (Å²) in [6.45, 7) is 4.13. The lowest BCUT2D eigenvalue weighted by Gasteiger charge is -2.30. The van der Waals surface area contributed by atoms with Gasteiger partial charge in [0.2, 0.25) is 0 Å². The van der Waals surface area contributed by atoms with Crippen molar-refractivity contribution in [2.24, 2.45) is 0 Å². The molecule has 1 saturated heterocycles. The van der Waals surface area contributed by atoms with Gasteiger partial charge in [-0.2, -0.15) is 5.26 Å². The Balaban J connectivity index is 1.46. The largest absolute Gasteiger partial charge is 0.490 e. The molecule has 1 aromatic heterocycles. The van der Waals surface area contributed by atoms with Gasteiger partial charge in [0.25, 0.3) is 0 Å². The third-order valence-electron chi connectivity index (χ3n) is 7.14. The van der Waals surface area contributed by atoms with Gasteiger partial charge in [-0.1, -0.05) is 13.3 Å². The summed E-state index contributed by atoms with van der Waals surface area (Å²) in [5.74, 6) is 1.31. The lowest BCUT2D eigenvalue weighted by atomic mass is 9.92. The van der Waals surface area contributed by atoms with Crippen LogP contribution in [0.4, 0.5) is 4.79 Å². The van der Waals surface area contributed by atoms with Gasteiger partial charge in [0, 0.05) is 36.9 Å². The van der Waals surface area contributed by atoms with Gasteiger partial charge in [0.1, 0.15) is 23.7 Å². The molecule has 7 heteroatoms. The van der Waals surface area contributed by atoms with Crippen LogP contribution in [-0.2, 0) is 4.74 Å². The second kappa shape index (κ2) is 11.0. The van der Waals surface area contributed by atoms with Crippen molar-refractivity contribution in [3.63, 3.8) is 0 Å². The molecular formula is C29H33N3O4. The van der Waals surface area contributed by atoms with Crippen LogP contribution in [0.25, 0.3) is 22.2 Å². The number of aromatic nitrogens is 1. The molecule has 2 heterocycles. The fraction of sp³-hybridized carbons (Fsp3) is 0.448. The zero-order valence-corrected chi connectivity index (χ0v) is 20.8. The van der Waals surface area contributed by atoms with Crippen LogP contribution in [0, 0.1) is 11.3 Å². The number of carbonyl (C=O) groups is 1. The molecule has 0 spiro atoms. The SMILES string of the molecule is CCCCNC(=O)Oc1ccc(-c2c(C#N)c3ccc(OC4CCOCC4)cc3n2C2CCC2)cc1. The number of hydrogen-bond donors (Lipinski definition) is 1. The Morgan fingerprint density at radius 2 is 1.86 bits per heavy atom. The predicted octanol–water partition coefficient (Wildman–Crippen LogP) is 6.35. The Hall–Kier alpha value is -3.50. The molecule has 1 saturated carbocycles. The van der Waals surface area contributed by atoms with E-state index in [0.717, 1.165) is 79.6 Å². The number of rotatable bonds is 8. The highest BCUT2D eigenvalue weighted by atomic mass is 16.6. The zero-order chi connectivity index (χ0) is 24.9. The standard InChI is InChI=1S/C29H33N3O4/c1-2-3-15-31-29(33)36-22-9-7-20(8-10-22)28-26(19-30)25-12-11-24(35-23-13-16-34-17-14-23)18-27(25)32(28)21-5-4-6-21/h7-12,18,21,23H,2-6,13-17H2,1H3,(H,31,33). The molecule has 2 fully saturated rings. The highest BCUT2D eigenvalue weighted by Gasteiger charge is 2.28. The van der Waals surface area contributed by atoms with E-state index in [2.05, 4.69) is 28.9 Å². The highest BCUT2D eigenvalue weighted by molar-refractivity contribution is 5.95. The van der Waals surface area contributed by atoms with Crippen LogP contribution >= 0.6 is 0 Å². The van der Waals surface area contributed by atoms with E-state index in [1.807, 2.05) is 24.3 Å². The minimum Gasteiger partial charge on any atom is -0.490 e. The number of benzene rings is 2. The number of nitrogens with one attached hydrogen (secondary N) is 1. The lowest BCUT2D eigenvalue weighted by Crippen LogP contribution is -2.27. The molecule has 1 N–H and O–H groups in total. The van der Waals surface area contributed by atoms with Crippen LogP contribution in [0.2, 0.25) is 0 Å². The monoisotopic (exact) mass is 487 g/mol. The van der Waals surface area contributed by atoms with Crippen LogP contribution in [0.5, 0.6) is 11.5 Å².